The molecule has 1 rings (SSSR count). The van der Waals surface area contributed by atoms with Crippen LogP contribution in [0, 0.1) is 0 Å². The summed E-state index contributed by atoms with van der Waals surface area (Å²) in [7, 11) is 0. The molecule has 128 valence electrons. The van der Waals surface area contributed by atoms with E-state index in [9.17, 15) is 9.59 Å². The number of nitrogens with one attached hydrogen (secondary N) is 2. The van der Waals surface area contributed by atoms with E-state index in [1.54, 1.807) is 18.2 Å². The minimum absolute atomic E-state index is 0.0148. The summed E-state index contributed by atoms with van der Waals surface area (Å²) in [5.74, 6) is -0.0870. The molecule has 2 amide bonds. The Morgan fingerprint density at radius 3 is 2.52 bits per heavy atom. The third-order valence-corrected chi connectivity index (χ3v) is 3.91. The van der Waals surface area contributed by atoms with Crippen molar-refractivity contribution in [3.05, 3.63) is 29.8 Å². The number of hydrogen-bond donors (Lipinski definition) is 2. The molecule has 0 aromatic heterocycles. The van der Waals surface area contributed by atoms with Gasteiger partial charge in [-0.2, -0.15) is 0 Å². The highest BCUT2D eigenvalue weighted by Crippen LogP contribution is 2.13. The fraction of sp³-hybridized carbons (Fsp3) is 0.579. The van der Waals surface area contributed by atoms with Gasteiger partial charge in [0.1, 0.15) is 0 Å². The molecule has 23 heavy (non-hydrogen) atoms. The Bertz CT molecular complexity index is 500. The van der Waals surface area contributed by atoms with Crippen LogP contribution in [-0.4, -0.2) is 17.9 Å². The maximum atomic E-state index is 12.1. The first-order valence-electron chi connectivity index (χ1n) is 8.77. The highest BCUT2D eigenvalue weighted by atomic mass is 16.2. The van der Waals surface area contributed by atoms with Crippen molar-refractivity contribution in [1.29, 1.82) is 0 Å². The van der Waals surface area contributed by atoms with Gasteiger partial charge < -0.3 is 10.6 Å². The standard InChI is InChI=1S/C19H30N2O2/c1-4-6-7-8-9-13-18(22)21-17-12-10-11-16(14-17)19(23)20-15(3)5-2/h10-12,14-15H,4-9,13H2,1-3H3,(H,20,23)(H,21,22). The minimum Gasteiger partial charge on any atom is -0.350 e. The Labute approximate surface area is 140 Å². The fourth-order valence-electron chi connectivity index (χ4n) is 2.26. The first-order chi connectivity index (χ1) is 11.1. The van der Waals surface area contributed by atoms with Crippen LogP contribution in [0.15, 0.2) is 24.3 Å². The van der Waals surface area contributed by atoms with Crippen molar-refractivity contribution in [1.82, 2.24) is 5.32 Å². The van der Waals surface area contributed by atoms with Gasteiger partial charge in [0, 0.05) is 23.7 Å². The van der Waals surface area contributed by atoms with Gasteiger partial charge >= 0.3 is 0 Å². The van der Waals surface area contributed by atoms with Crippen molar-refractivity contribution in [3.8, 4) is 0 Å². The van der Waals surface area contributed by atoms with Crippen LogP contribution in [0.3, 0.4) is 0 Å². The second kappa shape index (κ2) is 10.8. The number of amides is 2. The molecule has 2 N–H and O–H groups in total. The summed E-state index contributed by atoms with van der Waals surface area (Å²) in [6, 6.07) is 7.24. The molecular formula is C19H30N2O2. The molecule has 1 aromatic carbocycles. The molecule has 0 fully saturated rings. The van der Waals surface area contributed by atoms with E-state index in [1.807, 2.05) is 19.9 Å². The van der Waals surface area contributed by atoms with E-state index in [4.69, 9.17) is 0 Å². The largest absolute Gasteiger partial charge is 0.350 e. The summed E-state index contributed by atoms with van der Waals surface area (Å²) < 4.78 is 0. The van der Waals surface area contributed by atoms with E-state index in [0.717, 1.165) is 19.3 Å². The van der Waals surface area contributed by atoms with Crippen LogP contribution in [0.2, 0.25) is 0 Å². The van der Waals surface area contributed by atoms with Crippen LogP contribution >= 0.6 is 0 Å². The van der Waals surface area contributed by atoms with E-state index in [0.29, 0.717) is 17.7 Å². The first-order valence-corrected chi connectivity index (χ1v) is 8.77. The predicted molar refractivity (Wildman–Crippen MR) is 95.7 cm³/mol. The molecule has 0 bridgehead atoms. The highest BCUT2D eigenvalue weighted by molar-refractivity contribution is 5.97. The average Bonchev–Trinajstić information content (AvgIpc) is 2.54. The monoisotopic (exact) mass is 318 g/mol. The quantitative estimate of drug-likeness (QED) is 0.623. The topological polar surface area (TPSA) is 58.2 Å². The van der Waals surface area contributed by atoms with Crippen molar-refractivity contribution in [2.75, 3.05) is 5.32 Å². The van der Waals surface area contributed by atoms with Gasteiger partial charge in [0.15, 0.2) is 0 Å². The zero-order valence-corrected chi connectivity index (χ0v) is 14.7. The van der Waals surface area contributed by atoms with Gasteiger partial charge in [-0.05, 0) is 38.0 Å². The van der Waals surface area contributed by atoms with E-state index in [2.05, 4.69) is 17.6 Å². The third kappa shape index (κ3) is 7.82. The van der Waals surface area contributed by atoms with Gasteiger partial charge in [0.2, 0.25) is 5.91 Å². The molecule has 0 aliphatic heterocycles. The van der Waals surface area contributed by atoms with Gasteiger partial charge in [-0.15, -0.1) is 0 Å². The molecular weight excluding hydrogens is 288 g/mol. The molecule has 0 spiro atoms. The van der Waals surface area contributed by atoms with Crippen molar-refractivity contribution < 1.29 is 9.59 Å². The highest BCUT2D eigenvalue weighted by Gasteiger charge is 2.10. The maximum absolute atomic E-state index is 12.1. The minimum atomic E-state index is -0.102. The zero-order chi connectivity index (χ0) is 17.1. The lowest BCUT2D eigenvalue weighted by Crippen LogP contribution is -2.31. The molecule has 0 heterocycles. The Hall–Kier alpha value is -1.84. The van der Waals surface area contributed by atoms with Crippen LogP contribution in [0.4, 0.5) is 5.69 Å². The molecule has 0 radical (unpaired) electrons. The maximum Gasteiger partial charge on any atom is 0.251 e. The van der Waals surface area contributed by atoms with E-state index < -0.39 is 0 Å². The van der Waals surface area contributed by atoms with Crippen LogP contribution in [0.25, 0.3) is 0 Å². The van der Waals surface area contributed by atoms with Crippen LogP contribution in [-0.2, 0) is 4.79 Å². The summed E-state index contributed by atoms with van der Waals surface area (Å²) in [5, 5.41) is 5.81. The zero-order valence-electron chi connectivity index (χ0n) is 14.7. The second-order valence-corrected chi connectivity index (χ2v) is 6.08. The number of rotatable bonds is 10. The molecule has 1 unspecified atom stereocenters. The van der Waals surface area contributed by atoms with Gasteiger partial charge in [0.05, 0.1) is 0 Å². The smallest absolute Gasteiger partial charge is 0.251 e. The lowest BCUT2D eigenvalue weighted by molar-refractivity contribution is -0.116. The summed E-state index contributed by atoms with van der Waals surface area (Å²) in [5.41, 5.74) is 1.26. The van der Waals surface area contributed by atoms with Gasteiger partial charge in [0.25, 0.3) is 5.91 Å². The number of anilines is 1. The number of hydrogen-bond acceptors (Lipinski definition) is 2. The Morgan fingerprint density at radius 1 is 1.09 bits per heavy atom. The summed E-state index contributed by atoms with van der Waals surface area (Å²) in [6.07, 6.45) is 7.06. The second-order valence-electron chi connectivity index (χ2n) is 6.08. The first kappa shape index (κ1) is 19.2. The fourth-order valence-corrected chi connectivity index (χ4v) is 2.26. The van der Waals surface area contributed by atoms with E-state index in [-0.39, 0.29) is 17.9 Å². The van der Waals surface area contributed by atoms with Crippen molar-refractivity contribution >= 4 is 17.5 Å². The third-order valence-electron chi connectivity index (χ3n) is 3.91. The molecule has 0 saturated heterocycles. The Kier molecular flexibility index (Phi) is 9.03. The molecule has 0 aliphatic carbocycles. The number of unbranched alkanes of at least 4 members (excludes halogenated alkanes) is 4. The van der Waals surface area contributed by atoms with Crippen LogP contribution in [0.5, 0.6) is 0 Å². The summed E-state index contributed by atoms with van der Waals surface area (Å²) in [4.78, 5) is 24.0. The lowest BCUT2D eigenvalue weighted by atomic mass is 10.1. The van der Waals surface area contributed by atoms with Gasteiger partial charge in [-0.1, -0.05) is 45.6 Å². The van der Waals surface area contributed by atoms with Crippen molar-refractivity contribution in [2.24, 2.45) is 0 Å². The molecule has 4 nitrogen and oxygen atoms in total. The van der Waals surface area contributed by atoms with E-state index >= 15 is 0 Å². The molecule has 0 aliphatic rings. The molecule has 0 saturated carbocycles. The number of benzene rings is 1. The van der Waals surface area contributed by atoms with Crippen molar-refractivity contribution in [2.45, 2.75) is 71.8 Å². The predicted octanol–water partition coefficient (Wildman–Crippen LogP) is 4.51. The lowest BCUT2D eigenvalue weighted by Gasteiger charge is -2.12. The summed E-state index contributed by atoms with van der Waals surface area (Å²) >= 11 is 0. The van der Waals surface area contributed by atoms with E-state index in [1.165, 1.54) is 19.3 Å². The Morgan fingerprint density at radius 2 is 1.83 bits per heavy atom. The van der Waals surface area contributed by atoms with Gasteiger partial charge in [-0.3, -0.25) is 9.59 Å². The average molecular weight is 318 g/mol. The van der Waals surface area contributed by atoms with Gasteiger partial charge in [-0.25, -0.2) is 0 Å². The molecule has 4 heteroatoms. The number of carbonyl (C=O) groups is 2. The molecule has 1 aromatic rings. The SMILES string of the molecule is CCCCCCCC(=O)Nc1cccc(C(=O)NC(C)CC)c1. The molecule has 1 atom stereocenters. The van der Waals surface area contributed by atoms with Crippen molar-refractivity contribution in [3.63, 3.8) is 0 Å². The number of carbonyl (C=O) groups excluding carboxylic acids is 2. The normalized spacial score (nSPS) is 11.8. The Balaban J connectivity index is 2.46. The van der Waals surface area contributed by atoms with Crippen LogP contribution in [0.1, 0.15) is 76.1 Å². The van der Waals surface area contributed by atoms with Crippen LogP contribution < -0.4 is 10.6 Å². The summed E-state index contributed by atoms with van der Waals surface area (Å²) in [6.45, 7) is 6.18.